The van der Waals surface area contributed by atoms with Gasteiger partial charge in [0.05, 0.1) is 27.0 Å². The van der Waals surface area contributed by atoms with E-state index in [-0.39, 0.29) is 17.3 Å². The van der Waals surface area contributed by atoms with Crippen LogP contribution in [0.5, 0.6) is 17.5 Å². The van der Waals surface area contributed by atoms with Crippen molar-refractivity contribution in [2.24, 2.45) is 7.05 Å². The van der Waals surface area contributed by atoms with Crippen LogP contribution in [0.3, 0.4) is 0 Å². The summed E-state index contributed by atoms with van der Waals surface area (Å²) in [6.45, 7) is 0. The lowest BCUT2D eigenvalue weighted by Gasteiger charge is -2.12. The van der Waals surface area contributed by atoms with Crippen LogP contribution in [0.2, 0.25) is 0 Å². The lowest BCUT2D eigenvalue weighted by molar-refractivity contribution is 0.354. The molecule has 0 aliphatic carbocycles. The zero-order chi connectivity index (χ0) is 16.3. The Hall–Kier alpha value is -3.01. The van der Waals surface area contributed by atoms with Gasteiger partial charge < -0.3 is 14.2 Å². The molecule has 7 heteroatoms. The molecule has 0 radical (unpaired) electrons. The van der Waals surface area contributed by atoms with Crippen molar-refractivity contribution < 1.29 is 14.2 Å². The standard InChI is InChI=1S/C15H15N3O4/c1-18-14(19)10(8-16)13(17-15(18)22-4)9-5-6-11(20-2)12(7-9)21-3/h5-7H,1-4H3. The van der Waals surface area contributed by atoms with E-state index in [4.69, 9.17) is 14.2 Å². The first-order chi connectivity index (χ1) is 10.6. The Labute approximate surface area is 127 Å². The maximum Gasteiger partial charge on any atom is 0.299 e. The zero-order valence-corrected chi connectivity index (χ0v) is 12.7. The summed E-state index contributed by atoms with van der Waals surface area (Å²) in [5.41, 5.74) is 0.267. The first-order valence-corrected chi connectivity index (χ1v) is 6.34. The Bertz CT molecular complexity index is 806. The zero-order valence-electron chi connectivity index (χ0n) is 12.7. The molecule has 1 heterocycles. The first kappa shape index (κ1) is 15.4. The molecule has 114 valence electrons. The molecule has 2 aromatic rings. The number of nitriles is 1. The van der Waals surface area contributed by atoms with Crippen LogP contribution in [0, 0.1) is 11.3 Å². The Balaban J connectivity index is 2.75. The molecule has 0 fully saturated rings. The number of rotatable bonds is 4. The molecule has 0 saturated heterocycles. The van der Waals surface area contributed by atoms with Gasteiger partial charge in [0.25, 0.3) is 11.6 Å². The van der Waals surface area contributed by atoms with Crippen molar-refractivity contribution in [2.75, 3.05) is 21.3 Å². The van der Waals surface area contributed by atoms with E-state index in [9.17, 15) is 10.1 Å². The van der Waals surface area contributed by atoms with Crippen molar-refractivity contribution in [3.05, 3.63) is 34.1 Å². The third-order valence-electron chi connectivity index (χ3n) is 3.20. The van der Waals surface area contributed by atoms with Crippen LogP contribution in [0.1, 0.15) is 5.56 Å². The number of hydrogen-bond donors (Lipinski definition) is 0. The highest BCUT2D eigenvalue weighted by Crippen LogP contribution is 2.32. The number of methoxy groups -OCH3 is 3. The quantitative estimate of drug-likeness (QED) is 0.847. The van der Waals surface area contributed by atoms with Crippen LogP contribution in [0.4, 0.5) is 0 Å². The van der Waals surface area contributed by atoms with Crippen LogP contribution >= 0.6 is 0 Å². The molecule has 0 saturated carbocycles. The predicted molar refractivity (Wildman–Crippen MR) is 79.3 cm³/mol. The SMILES string of the molecule is COc1ccc(-c2nc(OC)n(C)c(=O)c2C#N)cc1OC. The van der Waals surface area contributed by atoms with E-state index < -0.39 is 5.56 Å². The highest BCUT2D eigenvalue weighted by atomic mass is 16.5. The second-order valence-electron chi connectivity index (χ2n) is 4.37. The summed E-state index contributed by atoms with van der Waals surface area (Å²) < 4.78 is 16.7. The summed E-state index contributed by atoms with van der Waals surface area (Å²) in [6, 6.07) is 7.05. The van der Waals surface area contributed by atoms with E-state index in [0.29, 0.717) is 17.1 Å². The molecule has 2 rings (SSSR count). The van der Waals surface area contributed by atoms with Crippen LogP contribution in [-0.4, -0.2) is 30.9 Å². The Morgan fingerprint density at radius 2 is 1.82 bits per heavy atom. The molecule has 1 aromatic heterocycles. The van der Waals surface area contributed by atoms with Gasteiger partial charge in [0.1, 0.15) is 11.6 Å². The molecule has 0 amide bonds. The van der Waals surface area contributed by atoms with Gasteiger partial charge in [-0.3, -0.25) is 9.36 Å². The van der Waals surface area contributed by atoms with Crippen LogP contribution < -0.4 is 19.8 Å². The molecule has 0 atom stereocenters. The maximum absolute atomic E-state index is 12.2. The summed E-state index contributed by atoms with van der Waals surface area (Å²) in [5, 5.41) is 9.28. The lowest BCUT2D eigenvalue weighted by Crippen LogP contribution is -2.23. The second kappa shape index (κ2) is 6.18. The number of benzene rings is 1. The number of hydrogen-bond acceptors (Lipinski definition) is 6. The van der Waals surface area contributed by atoms with Crippen LogP contribution in [0.25, 0.3) is 11.3 Å². The van der Waals surface area contributed by atoms with Crippen LogP contribution in [-0.2, 0) is 7.05 Å². The first-order valence-electron chi connectivity index (χ1n) is 6.34. The molecular weight excluding hydrogens is 286 g/mol. The minimum Gasteiger partial charge on any atom is -0.493 e. The van der Waals surface area contributed by atoms with Crippen molar-refractivity contribution in [1.82, 2.24) is 9.55 Å². The molecule has 0 N–H and O–H groups in total. The predicted octanol–water partition coefficient (Wildman–Crippen LogP) is 1.34. The topological polar surface area (TPSA) is 86.4 Å². The summed E-state index contributed by atoms with van der Waals surface area (Å²) in [4.78, 5) is 16.5. The van der Waals surface area contributed by atoms with Gasteiger partial charge >= 0.3 is 0 Å². The highest BCUT2D eigenvalue weighted by Gasteiger charge is 2.18. The average Bonchev–Trinajstić information content (AvgIpc) is 2.56. The fourth-order valence-electron chi connectivity index (χ4n) is 2.06. The average molecular weight is 301 g/mol. The number of ether oxygens (including phenoxy) is 3. The van der Waals surface area contributed by atoms with Gasteiger partial charge in [-0.1, -0.05) is 0 Å². The third kappa shape index (κ3) is 2.46. The minimum atomic E-state index is -0.473. The van der Waals surface area contributed by atoms with E-state index in [1.165, 1.54) is 32.9 Å². The van der Waals surface area contributed by atoms with Crippen molar-refractivity contribution >= 4 is 0 Å². The van der Waals surface area contributed by atoms with Crippen molar-refractivity contribution in [3.8, 4) is 34.8 Å². The summed E-state index contributed by atoms with van der Waals surface area (Å²) in [5.74, 6) is 1.02. The smallest absolute Gasteiger partial charge is 0.299 e. The maximum atomic E-state index is 12.2. The third-order valence-corrected chi connectivity index (χ3v) is 3.20. The van der Waals surface area contributed by atoms with Gasteiger partial charge in [-0.2, -0.15) is 10.2 Å². The van der Waals surface area contributed by atoms with Gasteiger partial charge in [0.15, 0.2) is 11.5 Å². The lowest BCUT2D eigenvalue weighted by atomic mass is 10.1. The van der Waals surface area contributed by atoms with E-state index in [2.05, 4.69) is 4.98 Å². The van der Waals surface area contributed by atoms with Gasteiger partial charge in [0.2, 0.25) is 0 Å². The molecule has 7 nitrogen and oxygen atoms in total. The molecular formula is C15H15N3O4. The molecule has 0 spiro atoms. The normalized spacial score (nSPS) is 9.95. The molecule has 1 aromatic carbocycles. The van der Waals surface area contributed by atoms with Crippen molar-refractivity contribution in [2.45, 2.75) is 0 Å². The summed E-state index contributed by atoms with van der Waals surface area (Å²) >= 11 is 0. The fraction of sp³-hybridized carbons (Fsp3) is 0.267. The highest BCUT2D eigenvalue weighted by molar-refractivity contribution is 5.69. The Morgan fingerprint density at radius 1 is 1.14 bits per heavy atom. The van der Waals surface area contributed by atoms with E-state index in [0.717, 1.165) is 0 Å². The van der Waals surface area contributed by atoms with Crippen molar-refractivity contribution in [1.29, 1.82) is 5.26 Å². The molecule has 0 aliphatic rings. The molecule has 22 heavy (non-hydrogen) atoms. The van der Waals surface area contributed by atoms with E-state index >= 15 is 0 Å². The fourth-order valence-corrected chi connectivity index (χ4v) is 2.06. The van der Waals surface area contributed by atoms with Gasteiger partial charge in [-0.05, 0) is 18.2 Å². The van der Waals surface area contributed by atoms with Crippen molar-refractivity contribution in [3.63, 3.8) is 0 Å². The van der Waals surface area contributed by atoms with E-state index in [1.807, 2.05) is 6.07 Å². The van der Waals surface area contributed by atoms with Gasteiger partial charge in [0, 0.05) is 12.6 Å². The number of nitrogens with zero attached hydrogens (tertiary/aromatic N) is 3. The van der Waals surface area contributed by atoms with Gasteiger partial charge in [-0.15, -0.1) is 0 Å². The molecule has 0 bridgehead atoms. The summed E-state index contributed by atoms with van der Waals surface area (Å²) in [7, 11) is 5.93. The minimum absolute atomic E-state index is 0.0597. The second-order valence-corrected chi connectivity index (χ2v) is 4.37. The Kier molecular flexibility index (Phi) is 4.32. The van der Waals surface area contributed by atoms with E-state index in [1.54, 1.807) is 18.2 Å². The largest absolute Gasteiger partial charge is 0.493 e. The monoisotopic (exact) mass is 301 g/mol. The summed E-state index contributed by atoms with van der Waals surface area (Å²) in [6.07, 6.45) is 0. The van der Waals surface area contributed by atoms with Gasteiger partial charge in [-0.25, -0.2) is 0 Å². The Morgan fingerprint density at radius 3 is 2.36 bits per heavy atom. The number of aromatic nitrogens is 2. The van der Waals surface area contributed by atoms with Crippen LogP contribution in [0.15, 0.2) is 23.0 Å². The molecule has 0 aliphatic heterocycles. The molecule has 0 unspecified atom stereocenters.